The molecule has 0 bridgehead atoms. The lowest BCUT2D eigenvalue weighted by atomic mass is 10.3. The maximum atomic E-state index is 5.34. The van der Waals surface area contributed by atoms with Crippen LogP contribution in [0.4, 0.5) is 5.95 Å². The number of aromatic amines is 1. The average Bonchev–Trinajstić information content (AvgIpc) is 2.81. The Bertz CT molecular complexity index is 587. The second-order valence-electron chi connectivity index (χ2n) is 5.08. The van der Waals surface area contributed by atoms with Crippen LogP contribution in [-0.2, 0) is 0 Å². The van der Waals surface area contributed by atoms with Crippen LogP contribution in [0.2, 0.25) is 0 Å². The second-order valence-corrected chi connectivity index (χ2v) is 5.46. The summed E-state index contributed by atoms with van der Waals surface area (Å²) in [4.78, 5) is 4.31. The van der Waals surface area contributed by atoms with Gasteiger partial charge in [-0.25, -0.2) is 5.10 Å². The molecule has 108 valence electrons. The molecule has 0 fully saturated rings. The highest BCUT2D eigenvalue weighted by molar-refractivity contribution is 7.71. The Labute approximate surface area is 124 Å². The average molecular weight is 291 g/mol. The smallest absolute Gasteiger partial charge is 0.230 e. The van der Waals surface area contributed by atoms with Gasteiger partial charge in [-0.2, -0.15) is 0 Å². The second kappa shape index (κ2) is 6.67. The molecule has 1 N–H and O–H groups in total. The molecule has 0 saturated carbocycles. The van der Waals surface area contributed by atoms with E-state index in [0.717, 1.165) is 31.1 Å². The number of para-hydroxylation sites is 1. The monoisotopic (exact) mass is 291 g/mol. The molecule has 0 amide bonds. The third-order valence-electron chi connectivity index (χ3n) is 3.11. The summed E-state index contributed by atoms with van der Waals surface area (Å²) in [6.07, 6.45) is 1.08. The van der Waals surface area contributed by atoms with Crippen molar-refractivity contribution in [2.45, 2.75) is 6.42 Å². The van der Waals surface area contributed by atoms with Crippen molar-refractivity contribution in [1.82, 2.24) is 19.7 Å². The molecule has 5 nitrogen and oxygen atoms in total. The zero-order valence-corrected chi connectivity index (χ0v) is 13.0. The van der Waals surface area contributed by atoms with Crippen molar-refractivity contribution in [3.8, 4) is 5.69 Å². The van der Waals surface area contributed by atoms with E-state index < -0.39 is 0 Å². The van der Waals surface area contributed by atoms with E-state index in [0.29, 0.717) is 4.77 Å². The molecule has 2 aromatic rings. The van der Waals surface area contributed by atoms with E-state index in [-0.39, 0.29) is 0 Å². The number of anilines is 1. The molecule has 0 atom stereocenters. The number of nitrogens with one attached hydrogen (secondary N) is 1. The molecule has 6 heteroatoms. The van der Waals surface area contributed by atoms with Crippen molar-refractivity contribution in [2.75, 3.05) is 39.1 Å². The molecule has 2 rings (SSSR count). The Hall–Kier alpha value is -1.66. The van der Waals surface area contributed by atoms with Crippen molar-refractivity contribution >= 4 is 18.2 Å². The fourth-order valence-corrected chi connectivity index (χ4v) is 2.31. The summed E-state index contributed by atoms with van der Waals surface area (Å²) in [6, 6.07) is 10.1. The number of aromatic nitrogens is 3. The summed E-state index contributed by atoms with van der Waals surface area (Å²) in [5.41, 5.74) is 1.03. The fourth-order valence-electron chi connectivity index (χ4n) is 2.08. The molecule has 1 aromatic carbocycles. The van der Waals surface area contributed by atoms with Crippen molar-refractivity contribution in [1.29, 1.82) is 0 Å². The van der Waals surface area contributed by atoms with Crippen LogP contribution < -0.4 is 4.90 Å². The number of hydrogen-bond donors (Lipinski definition) is 1. The third kappa shape index (κ3) is 3.46. The lowest BCUT2D eigenvalue weighted by Crippen LogP contribution is -2.25. The summed E-state index contributed by atoms with van der Waals surface area (Å²) in [6.45, 7) is 1.99. The normalized spacial score (nSPS) is 11.0. The molecule has 0 aliphatic rings. The van der Waals surface area contributed by atoms with Gasteiger partial charge >= 0.3 is 0 Å². The minimum atomic E-state index is 0.616. The molecule has 0 unspecified atom stereocenters. The number of nitrogens with zero attached hydrogens (tertiary/aromatic N) is 4. The van der Waals surface area contributed by atoms with Gasteiger partial charge in [0.1, 0.15) is 0 Å². The Morgan fingerprint density at radius 3 is 2.50 bits per heavy atom. The van der Waals surface area contributed by atoms with E-state index in [9.17, 15) is 0 Å². The van der Waals surface area contributed by atoms with Gasteiger partial charge in [-0.05, 0) is 51.4 Å². The highest BCUT2D eigenvalue weighted by Crippen LogP contribution is 2.17. The van der Waals surface area contributed by atoms with Gasteiger partial charge in [-0.1, -0.05) is 18.2 Å². The van der Waals surface area contributed by atoms with E-state index in [1.165, 1.54) is 0 Å². The van der Waals surface area contributed by atoms with E-state index >= 15 is 0 Å². The molecule has 0 aliphatic carbocycles. The SMILES string of the molecule is CN(C)CCCN(C)c1n[nH]c(=S)n1-c1ccccc1. The Balaban J connectivity index is 2.19. The summed E-state index contributed by atoms with van der Waals surface area (Å²) >= 11 is 5.34. The molecule has 1 heterocycles. The van der Waals surface area contributed by atoms with Crippen LogP contribution in [0.5, 0.6) is 0 Å². The predicted octanol–water partition coefficient (Wildman–Crippen LogP) is 2.32. The van der Waals surface area contributed by atoms with Gasteiger partial charge in [-0.3, -0.25) is 4.57 Å². The first-order chi connectivity index (χ1) is 9.59. The molecule has 0 aliphatic heterocycles. The van der Waals surface area contributed by atoms with E-state index in [1.54, 1.807) is 0 Å². The summed E-state index contributed by atoms with van der Waals surface area (Å²) in [5, 5.41) is 7.23. The van der Waals surface area contributed by atoms with Crippen LogP contribution in [0, 0.1) is 4.77 Å². The van der Waals surface area contributed by atoms with Gasteiger partial charge in [0.05, 0.1) is 5.69 Å². The van der Waals surface area contributed by atoms with E-state index in [4.69, 9.17) is 12.2 Å². The standard InChI is InChI=1S/C14H21N5S/c1-17(2)10-7-11-18(3)13-15-16-14(20)19(13)12-8-5-4-6-9-12/h4-6,8-9H,7,10-11H2,1-3H3,(H,16,20). The first-order valence-electron chi connectivity index (χ1n) is 6.68. The minimum Gasteiger partial charge on any atom is -0.344 e. The lowest BCUT2D eigenvalue weighted by molar-refractivity contribution is 0.401. The van der Waals surface area contributed by atoms with E-state index in [1.807, 2.05) is 41.9 Å². The van der Waals surface area contributed by atoms with Crippen molar-refractivity contribution in [3.63, 3.8) is 0 Å². The van der Waals surface area contributed by atoms with Crippen LogP contribution in [0.25, 0.3) is 5.69 Å². The molecule has 0 saturated heterocycles. The topological polar surface area (TPSA) is 40.1 Å². The summed E-state index contributed by atoms with van der Waals surface area (Å²) in [7, 11) is 6.21. The van der Waals surface area contributed by atoms with Crippen LogP contribution >= 0.6 is 12.2 Å². The van der Waals surface area contributed by atoms with Crippen molar-refractivity contribution in [3.05, 3.63) is 35.1 Å². The lowest BCUT2D eigenvalue weighted by Gasteiger charge is -2.20. The van der Waals surface area contributed by atoms with Gasteiger partial charge in [0, 0.05) is 13.6 Å². The first kappa shape index (κ1) is 14.7. The largest absolute Gasteiger partial charge is 0.344 e. The number of benzene rings is 1. The van der Waals surface area contributed by atoms with Crippen LogP contribution in [0.15, 0.2) is 30.3 Å². The highest BCUT2D eigenvalue weighted by Gasteiger charge is 2.12. The molecular weight excluding hydrogens is 270 g/mol. The van der Waals surface area contributed by atoms with Crippen molar-refractivity contribution in [2.24, 2.45) is 0 Å². The zero-order chi connectivity index (χ0) is 14.5. The van der Waals surface area contributed by atoms with Crippen LogP contribution in [0.1, 0.15) is 6.42 Å². The minimum absolute atomic E-state index is 0.616. The highest BCUT2D eigenvalue weighted by atomic mass is 32.1. The van der Waals surface area contributed by atoms with Gasteiger partial charge < -0.3 is 9.80 Å². The molecule has 1 aromatic heterocycles. The zero-order valence-electron chi connectivity index (χ0n) is 12.2. The van der Waals surface area contributed by atoms with Crippen LogP contribution in [0.3, 0.4) is 0 Å². The third-order valence-corrected chi connectivity index (χ3v) is 3.38. The van der Waals surface area contributed by atoms with Gasteiger partial charge in [0.2, 0.25) is 10.7 Å². The summed E-state index contributed by atoms with van der Waals surface area (Å²) in [5.74, 6) is 0.847. The molecule has 0 spiro atoms. The number of rotatable bonds is 6. The fraction of sp³-hybridized carbons (Fsp3) is 0.429. The maximum Gasteiger partial charge on any atom is 0.230 e. The predicted molar refractivity (Wildman–Crippen MR) is 85.2 cm³/mol. The number of hydrogen-bond acceptors (Lipinski definition) is 4. The Morgan fingerprint density at radius 1 is 1.15 bits per heavy atom. The quantitative estimate of drug-likeness (QED) is 0.829. The Kier molecular flexibility index (Phi) is 4.92. The summed E-state index contributed by atoms with van der Waals surface area (Å²) < 4.78 is 2.58. The first-order valence-corrected chi connectivity index (χ1v) is 7.09. The van der Waals surface area contributed by atoms with Gasteiger partial charge in [-0.15, -0.1) is 5.10 Å². The van der Waals surface area contributed by atoms with Crippen molar-refractivity contribution < 1.29 is 0 Å². The maximum absolute atomic E-state index is 5.34. The van der Waals surface area contributed by atoms with Gasteiger partial charge in [0.25, 0.3) is 0 Å². The Morgan fingerprint density at radius 2 is 1.85 bits per heavy atom. The molecule has 0 radical (unpaired) electrons. The molecular formula is C14H21N5S. The molecule has 20 heavy (non-hydrogen) atoms. The van der Waals surface area contributed by atoms with Crippen LogP contribution in [-0.4, -0.2) is 53.9 Å². The number of H-pyrrole nitrogens is 1. The van der Waals surface area contributed by atoms with E-state index in [2.05, 4.69) is 34.1 Å². The van der Waals surface area contributed by atoms with Gasteiger partial charge in [0.15, 0.2) is 0 Å².